The molecule has 0 saturated carbocycles. The topological polar surface area (TPSA) is 43.1 Å². The van der Waals surface area contributed by atoms with E-state index in [9.17, 15) is 4.79 Å². The van der Waals surface area contributed by atoms with Crippen molar-refractivity contribution >= 4 is 29.0 Å². The highest BCUT2D eigenvalue weighted by atomic mass is 35.5. The molecule has 1 atom stereocenters. The van der Waals surface area contributed by atoms with Gasteiger partial charge in [0.05, 0.1) is 6.04 Å². The van der Waals surface area contributed by atoms with Crippen LogP contribution in [-0.4, -0.2) is 11.8 Å². The lowest BCUT2D eigenvalue weighted by Gasteiger charge is -2.30. The highest BCUT2D eigenvalue weighted by molar-refractivity contribution is 6.58. The monoisotopic (exact) mass is 229 g/mol. The Morgan fingerprint density at radius 2 is 2.00 bits per heavy atom. The molecular formula is C10H9Cl2NO. The lowest BCUT2D eigenvalue weighted by atomic mass is 9.87. The fourth-order valence-electron chi connectivity index (χ4n) is 1.70. The van der Waals surface area contributed by atoms with E-state index < -0.39 is 10.4 Å². The number of halogens is 2. The van der Waals surface area contributed by atoms with E-state index in [1.165, 1.54) is 0 Å². The minimum Gasteiger partial charge on any atom is -0.321 e. The molecule has 0 amide bonds. The number of alkyl halides is 2. The largest absolute Gasteiger partial charge is 0.321 e. The van der Waals surface area contributed by atoms with Crippen LogP contribution < -0.4 is 5.73 Å². The zero-order valence-corrected chi connectivity index (χ0v) is 8.85. The van der Waals surface area contributed by atoms with E-state index in [0.29, 0.717) is 12.0 Å². The van der Waals surface area contributed by atoms with Gasteiger partial charge < -0.3 is 5.73 Å². The summed E-state index contributed by atoms with van der Waals surface area (Å²) in [6.07, 6.45) is 0.510. The number of fused-ring (bicyclic) bond motifs is 1. The first kappa shape index (κ1) is 9.97. The molecule has 0 radical (unpaired) electrons. The maximum atomic E-state index is 11.6. The molecule has 74 valence electrons. The third-order valence-corrected chi connectivity index (χ3v) is 3.22. The van der Waals surface area contributed by atoms with Gasteiger partial charge in [-0.25, -0.2) is 0 Å². The van der Waals surface area contributed by atoms with Crippen LogP contribution in [0.2, 0.25) is 0 Å². The fourth-order valence-corrected chi connectivity index (χ4v) is 2.35. The van der Waals surface area contributed by atoms with Gasteiger partial charge in [-0.15, -0.1) is 0 Å². The number of ketones is 1. The molecule has 1 aliphatic carbocycles. The highest BCUT2D eigenvalue weighted by Crippen LogP contribution is 2.41. The van der Waals surface area contributed by atoms with E-state index in [1.54, 1.807) is 6.07 Å². The van der Waals surface area contributed by atoms with Crippen molar-refractivity contribution in [2.45, 2.75) is 16.8 Å². The second-order valence-electron chi connectivity index (χ2n) is 3.41. The quantitative estimate of drug-likeness (QED) is 0.690. The van der Waals surface area contributed by atoms with Crippen LogP contribution in [0.3, 0.4) is 0 Å². The van der Waals surface area contributed by atoms with Gasteiger partial charge in [0.2, 0.25) is 4.33 Å². The van der Waals surface area contributed by atoms with E-state index >= 15 is 0 Å². The Bertz CT molecular complexity index is 389. The zero-order valence-electron chi connectivity index (χ0n) is 7.34. The molecule has 2 rings (SSSR count). The van der Waals surface area contributed by atoms with Crippen molar-refractivity contribution in [2.75, 3.05) is 0 Å². The first-order valence-electron chi connectivity index (χ1n) is 4.29. The predicted molar refractivity (Wildman–Crippen MR) is 56.5 cm³/mol. The molecule has 1 aliphatic rings. The van der Waals surface area contributed by atoms with Gasteiger partial charge in [0.1, 0.15) is 0 Å². The molecule has 1 aromatic carbocycles. The van der Waals surface area contributed by atoms with Crippen LogP contribution in [0.5, 0.6) is 0 Å². The molecule has 0 spiro atoms. The average molecular weight is 230 g/mol. The Morgan fingerprint density at radius 3 is 2.71 bits per heavy atom. The number of hydrogen-bond donors (Lipinski definition) is 1. The highest BCUT2D eigenvalue weighted by Gasteiger charge is 2.44. The fraction of sp³-hybridized carbons (Fsp3) is 0.300. The van der Waals surface area contributed by atoms with Crippen molar-refractivity contribution in [1.29, 1.82) is 0 Å². The number of hydrogen-bond acceptors (Lipinski definition) is 2. The maximum absolute atomic E-state index is 11.6. The van der Waals surface area contributed by atoms with E-state index in [2.05, 4.69) is 0 Å². The molecule has 0 saturated heterocycles. The van der Waals surface area contributed by atoms with Gasteiger partial charge in [-0.3, -0.25) is 4.79 Å². The van der Waals surface area contributed by atoms with Crippen LogP contribution in [0.4, 0.5) is 0 Å². The lowest BCUT2D eigenvalue weighted by Crippen LogP contribution is -2.45. The number of benzene rings is 1. The van der Waals surface area contributed by atoms with Crippen LogP contribution in [0.15, 0.2) is 24.3 Å². The normalized spacial score (nSPS) is 24.5. The summed E-state index contributed by atoms with van der Waals surface area (Å²) < 4.78 is -1.48. The van der Waals surface area contributed by atoms with Gasteiger partial charge in [0.15, 0.2) is 5.78 Å². The molecule has 1 aromatic rings. The molecule has 0 heterocycles. The molecule has 1 unspecified atom stereocenters. The summed E-state index contributed by atoms with van der Waals surface area (Å²) in [5, 5.41) is 0. The van der Waals surface area contributed by atoms with Gasteiger partial charge in [0, 0.05) is 0 Å². The number of Topliss-reactive ketones (excluding diaryl/α,β-unsaturated/α-hetero) is 1. The van der Waals surface area contributed by atoms with Crippen molar-refractivity contribution in [1.82, 2.24) is 0 Å². The molecule has 14 heavy (non-hydrogen) atoms. The summed E-state index contributed by atoms with van der Waals surface area (Å²) in [6, 6.07) is 6.74. The van der Waals surface area contributed by atoms with Crippen LogP contribution in [0, 0.1) is 0 Å². The summed E-state index contributed by atoms with van der Waals surface area (Å²) in [7, 11) is 0. The SMILES string of the molecule is NC1Cc2ccccc2C(Cl)(Cl)C1=O. The van der Waals surface area contributed by atoms with Crippen LogP contribution in [0.25, 0.3) is 0 Å². The van der Waals surface area contributed by atoms with Crippen LogP contribution in [-0.2, 0) is 15.5 Å². The van der Waals surface area contributed by atoms with Gasteiger partial charge in [-0.1, -0.05) is 47.5 Å². The smallest absolute Gasteiger partial charge is 0.202 e. The Hall–Kier alpha value is -0.570. The summed E-state index contributed by atoms with van der Waals surface area (Å²) in [4.78, 5) is 11.6. The predicted octanol–water partition coefficient (Wildman–Crippen LogP) is 1.77. The van der Waals surface area contributed by atoms with Crippen LogP contribution in [0.1, 0.15) is 11.1 Å². The van der Waals surface area contributed by atoms with E-state index in [4.69, 9.17) is 28.9 Å². The van der Waals surface area contributed by atoms with Gasteiger partial charge in [-0.2, -0.15) is 0 Å². The second-order valence-corrected chi connectivity index (χ2v) is 4.73. The minimum atomic E-state index is -1.48. The first-order chi connectivity index (χ1) is 6.53. The minimum absolute atomic E-state index is 0.320. The van der Waals surface area contributed by atoms with Crippen LogP contribution >= 0.6 is 23.2 Å². The number of rotatable bonds is 0. The van der Waals surface area contributed by atoms with Gasteiger partial charge in [0.25, 0.3) is 0 Å². The third kappa shape index (κ3) is 1.34. The van der Waals surface area contributed by atoms with Crippen molar-refractivity contribution in [3.8, 4) is 0 Å². The third-order valence-electron chi connectivity index (χ3n) is 2.44. The Labute approximate surface area is 92.0 Å². The van der Waals surface area contributed by atoms with Crippen molar-refractivity contribution in [2.24, 2.45) is 5.73 Å². The lowest BCUT2D eigenvalue weighted by molar-refractivity contribution is -0.121. The Kier molecular flexibility index (Phi) is 2.30. The summed E-state index contributed by atoms with van der Waals surface area (Å²) in [5.74, 6) is -0.320. The van der Waals surface area contributed by atoms with Gasteiger partial charge >= 0.3 is 0 Å². The Morgan fingerprint density at radius 1 is 1.36 bits per heavy atom. The zero-order chi connectivity index (χ0) is 10.3. The number of carbonyl (C=O) groups is 1. The summed E-state index contributed by atoms with van der Waals surface area (Å²) in [5.41, 5.74) is 7.26. The molecule has 0 aromatic heterocycles. The molecule has 0 bridgehead atoms. The summed E-state index contributed by atoms with van der Waals surface area (Å²) >= 11 is 12.0. The molecule has 2 N–H and O–H groups in total. The van der Waals surface area contributed by atoms with Crippen molar-refractivity contribution < 1.29 is 4.79 Å². The molecular weight excluding hydrogens is 221 g/mol. The molecule has 0 fully saturated rings. The molecule has 2 nitrogen and oxygen atoms in total. The average Bonchev–Trinajstić information content (AvgIpc) is 2.15. The standard InChI is InChI=1S/C10H9Cl2NO/c11-10(12)7-4-2-1-3-6(7)5-8(13)9(10)14/h1-4,8H,5,13H2. The Balaban J connectivity index is 2.60. The van der Waals surface area contributed by atoms with E-state index in [1.807, 2.05) is 18.2 Å². The van der Waals surface area contributed by atoms with Crippen molar-refractivity contribution in [3.05, 3.63) is 35.4 Å². The molecule has 4 heteroatoms. The molecule has 0 aliphatic heterocycles. The number of nitrogens with two attached hydrogens (primary N) is 1. The van der Waals surface area contributed by atoms with Gasteiger partial charge in [-0.05, 0) is 17.5 Å². The summed E-state index contributed by atoms with van der Waals surface area (Å²) in [6.45, 7) is 0. The number of carbonyl (C=O) groups excluding carboxylic acids is 1. The second kappa shape index (κ2) is 3.23. The van der Waals surface area contributed by atoms with E-state index in [-0.39, 0.29) is 5.78 Å². The first-order valence-corrected chi connectivity index (χ1v) is 5.05. The van der Waals surface area contributed by atoms with Crippen molar-refractivity contribution in [3.63, 3.8) is 0 Å². The maximum Gasteiger partial charge on any atom is 0.202 e. The van der Waals surface area contributed by atoms with E-state index in [0.717, 1.165) is 5.56 Å².